The second kappa shape index (κ2) is 10.4. The van der Waals surface area contributed by atoms with Crippen molar-refractivity contribution in [3.05, 3.63) is 78.1 Å². The van der Waals surface area contributed by atoms with Crippen LogP contribution in [-0.4, -0.2) is 46.5 Å². The predicted molar refractivity (Wildman–Crippen MR) is 127 cm³/mol. The van der Waals surface area contributed by atoms with Crippen molar-refractivity contribution in [3.8, 4) is 0 Å². The summed E-state index contributed by atoms with van der Waals surface area (Å²) >= 11 is 0. The topological polar surface area (TPSA) is 71.5 Å². The fourth-order valence-electron chi connectivity index (χ4n) is 3.35. The molecule has 3 rings (SSSR count). The van der Waals surface area contributed by atoms with Gasteiger partial charge < -0.3 is 10.1 Å². The summed E-state index contributed by atoms with van der Waals surface area (Å²) in [6.07, 6.45) is 3.14. The summed E-state index contributed by atoms with van der Waals surface area (Å²) in [5.41, 5.74) is 1.08. The standard InChI is InChI=1S/C26H31N3O3/c1-19(28-15-20-10-11-23-16-27-13-12-22(23)14-20)17-29(25(31)32-26(2,3)4)18-24(30)21-8-6-5-7-9-21/h5-14,16,19,28H,15,17-18H2,1-4H3/t19-/m1/s1. The largest absolute Gasteiger partial charge is 0.444 e. The lowest BCUT2D eigenvalue weighted by molar-refractivity contribution is 0.0233. The minimum absolute atomic E-state index is 0.0338. The molecule has 0 radical (unpaired) electrons. The summed E-state index contributed by atoms with van der Waals surface area (Å²) in [6, 6.07) is 17.2. The molecule has 3 aromatic rings. The van der Waals surface area contributed by atoms with Gasteiger partial charge in [0.05, 0.1) is 6.54 Å². The summed E-state index contributed by atoms with van der Waals surface area (Å²) in [6.45, 7) is 8.42. The quantitative estimate of drug-likeness (QED) is 0.515. The second-order valence-corrected chi connectivity index (χ2v) is 8.99. The van der Waals surface area contributed by atoms with Crippen molar-refractivity contribution in [1.29, 1.82) is 0 Å². The molecule has 0 spiro atoms. The number of pyridine rings is 1. The highest BCUT2D eigenvalue weighted by Crippen LogP contribution is 2.15. The Balaban J connectivity index is 1.65. The number of carbonyl (C=O) groups excluding carboxylic acids is 2. The number of fused-ring (bicyclic) bond motifs is 1. The first kappa shape index (κ1) is 23.4. The van der Waals surface area contributed by atoms with Crippen LogP contribution in [0.4, 0.5) is 4.79 Å². The average molecular weight is 434 g/mol. The molecule has 1 atom stereocenters. The number of ether oxygens (including phenoxy) is 1. The number of benzene rings is 2. The monoisotopic (exact) mass is 433 g/mol. The molecule has 0 aliphatic carbocycles. The van der Waals surface area contributed by atoms with Crippen LogP contribution in [0.15, 0.2) is 67.0 Å². The fraction of sp³-hybridized carbons (Fsp3) is 0.346. The number of hydrogen-bond acceptors (Lipinski definition) is 5. The first-order chi connectivity index (χ1) is 15.2. The van der Waals surface area contributed by atoms with E-state index in [9.17, 15) is 9.59 Å². The van der Waals surface area contributed by atoms with Crippen LogP contribution in [0.2, 0.25) is 0 Å². The lowest BCUT2D eigenvalue weighted by Gasteiger charge is -2.29. The number of nitrogens with one attached hydrogen (secondary N) is 1. The van der Waals surface area contributed by atoms with Gasteiger partial charge in [-0.05, 0) is 50.8 Å². The molecule has 0 aliphatic rings. The van der Waals surface area contributed by atoms with Crippen LogP contribution in [0, 0.1) is 0 Å². The molecule has 0 aliphatic heterocycles. The van der Waals surface area contributed by atoms with Crippen molar-refractivity contribution >= 4 is 22.6 Å². The molecule has 2 aromatic carbocycles. The number of carbonyl (C=O) groups is 2. The molecule has 0 saturated heterocycles. The first-order valence-electron chi connectivity index (χ1n) is 10.8. The Morgan fingerprint density at radius 1 is 1.06 bits per heavy atom. The van der Waals surface area contributed by atoms with Crippen LogP contribution < -0.4 is 5.32 Å². The molecule has 0 saturated carbocycles. The maximum atomic E-state index is 12.8. The Bertz CT molecular complexity index is 1060. The number of Topliss-reactive ketones (excluding diaryl/α,β-unsaturated/α-hetero) is 1. The van der Waals surface area contributed by atoms with Crippen LogP contribution in [0.3, 0.4) is 0 Å². The zero-order valence-corrected chi connectivity index (χ0v) is 19.2. The van der Waals surface area contributed by atoms with Crippen molar-refractivity contribution in [2.45, 2.75) is 45.9 Å². The van der Waals surface area contributed by atoms with Gasteiger partial charge >= 0.3 is 6.09 Å². The Kier molecular flexibility index (Phi) is 7.59. The number of ketones is 1. The summed E-state index contributed by atoms with van der Waals surface area (Å²) in [5.74, 6) is -0.119. The van der Waals surface area contributed by atoms with Crippen LogP contribution in [0.25, 0.3) is 10.8 Å². The van der Waals surface area contributed by atoms with Gasteiger partial charge in [0.25, 0.3) is 0 Å². The van der Waals surface area contributed by atoms with E-state index in [0.29, 0.717) is 18.7 Å². The highest BCUT2D eigenvalue weighted by Gasteiger charge is 2.25. The van der Waals surface area contributed by atoms with E-state index in [1.807, 2.05) is 58.2 Å². The third-order valence-corrected chi connectivity index (χ3v) is 4.94. The van der Waals surface area contributed by atoms with E-state index in [1.165, 1.54) is 4.90 Å². The predicted octanol–water partition coefficient (Wildman–Crippen LogP) is 4.83. The molecule has 32 heavy (non-hydrogen) atoms. The minimum atomic E-state index is -0.637. The number of hydrogen-bond donors (Lipinski definition) is 1. The average Bonchev–Trinajstić information content (AvgIpc) is 2.76. The third-order valence-electron chi connectivity index (χ3n) is 4.94. The van der Waals surface area contributed by atoms with Crippen LogP contribution >= 0.6 is 0 Å². The lowest BCUT2D eigenvalue weighted by atomic mass is 10.1. The van der Waals surface area contributed by atoms with Gasteiger partial charge in [-0.1, -0.05) is 42.5 Å². The number of amides is 1. The van der Waals surface area contributed by atoms with Gasteiger partial charge in [-0.25, -0.2) is 4.79 Å². The fourth-order valence-corrected chi connectivity index (χ4v) is 3.35. The highest BCUT2D eigenvalue weighted by molar-refractivity contribution is 5.98. The van der Waals surface area contributed by atoms with Crippen molar-refractivity contribution in [2.24, 2.45) is 0 Å². The molecular weight excluding hydrogens is 402 g/mol. The molecular formula is C26H31N3O3. The van der Waals surface area contributed by atoms with Gasteiger partial charge in [0.1, 0.15) is 5.60 Å². The van der Waals surface area contributed by atoms with E-state index in [0.717, 1.165) is 16.3 Å². The second-order valence-electron chi connectivity index (χ2n) is 8.99. The van der Waals surface area contributed by atoms with Gasteiger partial charge in [-0.3, -0.25) is 14.7 Å². The zero-order chi connectivity index (χ0) is 23.1. The van der Waals surface area contributed by atoms with Gasteiger partial charge in [0.15, 0.2) is 5.78 Å². The summed E-state index contributed by atoms with van der Waals surface area (Å²) in [5, 5.41) is 5.68. The Labute approximate surface area is 189 Å². The number of rotatable bonds is 8. The molecule has 0 bridgehead atoms. The van der Waals surface area contributed by atoms with Crippen molar-refractivity contribution in [2.75, 3.05) is 13.1 Å². The zero-order valence-electron chi connectivity index (χ0n) is 19.2. The smallest absolute Gasteiger partial charge is 0.410 e. The third kappa shape index (κ3) is 6.89. The van der Waals surface area contributed by atoms with Gasteiger partial charge in [0.2, 0.25) is 0 Å². The van der Waals surface area contributed by atoms with Crippen LogP contribution in [0.5, 0.6) is 0 Å². The maximum Gasteiger partial charge on any atom is 0.410 e. The van der Waals surface area contributed by atoms with Gasteiger partial charge in [-0.2, -0.15) is 0 Å². The molecule has 6 nitrogen and oxygen atoms in total. The van der Waals surface area contributed by atoms with Gasteiger partial charge in [0, 0.05) is 42.5 Å². The highest BCUT2D eigenvalue weighted by atomic mass is 16.6. The Hall–Kier alpha value is -3.25. The van der Waals surface area contributed by atoms with Crippen molar-refractivity contribution < 1.29 is 14.3 Å². The molecule has 1 heterocycles. The van der Waals surface area contributed by atoms with Crippen molar-refractivity contribution in [1.82, 2.24) is 15.2 Å². The van der Waals surface area contributed by atoms with E-state index in [-0.39, 0.29) is 18.4 Å². The van der Waals surface area contributed by atoms with E-state index in [4.69, 9.17) is 4.74 Å². The Morgan fingerprint density at radius 3 is 2.53 bits per heavy atom. The normalized spacial score (nSPS) is 12.4. The van der Waals surface area contributed by atoms with Gasteiger partial charge in [-0.15, -0.1) is 0 Å². The number of aromatic nitrogens is 1. The molecule has 0 fully saturated rings. The van der Waals surface area contributed by atoms with E-state index >= 15 is 0 Å². The van der Waals surface area contributed by atoms with E-state index < -0.39 is 11.7 Å². The van der Waals surface area contributed by atoms with Crippen LogP contribution in [-0.2, 0) is 11.3 Å². The first-order valence-corrected chi connectivity index (χ1v) is 10.8. The Morgan fingerprint density at radius 2 is 1.81 bits per heavy atom. The molecule has 6 heteroatoms. The lowest BCUT2D eigenvalue weighted by Crippen LogP contribution is -2.46. The van der Waals surface area contributed by atoms with E-state index in [1.54, 1.807) is 18.3 Å². The summed E-state index contributed by atoms with van der Waals surface area (Å²) in [7, 11) is 0. The molecule has 168 valence electrons. The molecule has 1 amide bonds. The molecule has 1 N–H and O–H groups in total. The SMILES string of the molecule is C[C@H](CN(CC(=O)c1ccccc1)C(=O)OC(C)(C)C)NCc1ccc2cnccc2c1. The number of nitrogens with zero attached hydrogens (tertiary/aromatic N) is 2. The molecule has 0 unspecified atom stereocenters. The summed E-state index contributed by atoms with van der Waals surface area (Å²) < 4.78 is 5.55. The van der Waals surface area contributed by atoms with Crippen LogP contribution in [0.1, 0.15) is 43.6 Å². The van der Waals surface area contributed by atoms with Crippen molar-refractivity contribution in [3.63, 3.8) is 0 Å². The van der Waals surface area contributed by atoms with E-state index in [2.05, 4.69) is 28.5 Å². The molecule has 1 aromatic heterocycles. The minimum Gasteiger partial charge on any atom is -0.444 e. The summed E-state index contributed by atoms with van der Waals surface area (Å²) in [4.78, 5) is 31.2. The maximum absolute atomic E-state index is 12.8.